The minimum atomic E-state index is 0.0594. The fraction of sp³-hybridized carbons (Fsp3) is 0.500. The fourth-order valence-electron chi connectivity index (χ4n) is 4.08. The lowest BCUT2D eigenvalue weighted by Crippen LogP contribution is -2.41. The largest absolute Gasteiger partial charge is 0.334 e. The molecule has 2 fully saturated rings. The molecule has 3 heterocycles. The molecule has 6 heteroatoms. The summed E-state index contributed by atoms with van der Waals surface area (Å²) in [6.07, 6.45) is 11.1. The first kappa shape index (κ1) is 16.9. The Morgan fingerprint density at radius 2 is 1.85 bits per heavy atom. The Balaban J connectivity index is 1.54. The maximum atomic E-state index is 13.0. The van der Waals surface area contributed by atoms with Crippen LogP contribution in [0.4, 0.5) is 11.8 Å². The van der Waals surface area contributed by atoms with Gasteiger partial charge in [-0.25, -0.2) is 15.0 Å². The Bertz CT molecular complexity index is 745. The van der Waals surface area contributed by atoms with E-state index in [0.29, 0.717) is 17.7 Å². The first-order chi connectivity index (χ1) is 12.8. The molecule has 1 aliphatic heterocycles. The number of nitrogens with one attached hydrogen (secondary N) is 1. The second kappa shape index (κ2) is 7.81. The number of likely N-dealkylation sites (tertiary alicyclic amines) is 1. The average molecular weight is 351 g/mol. The van der Waals surface area contributed by atoms with E-state index in [2.05, 4.69) is 20.2 Å². The highest BCUT2D eigenvalue weighted by Crippen LogP contribution is 2.35. The molecule has 1 amide bonds. The summed E-state index contributed by atoms with van der Waals surface area (Å²) >= 11 is 0. The molecular formula is C20H25N5O. The average Bonchev–Trinajstić information content (AvgIpc) is 3.23. The summed E-state index contributed by atoms with van der Waals surface area (Å²) in [7, 11) is 0. The summed E-state index contributed by atoms with van der Waals surface area (Å²) in [5, 5.41) is 3.15. The van der Waals surface area contributed by atoms with E-state index in [1.54, 1.807) is 12.4 Å². The smallest absolute Gasteiger partial charge is 0.228 e. The summed E-state index contributed by atoms with van der Waals surface area (Å²) in [4.78, 5) is 28.4. The van der Waals surface area contributed by atoms with Gasteiger partial charge >= 0.3 is 0 Å². The van der Waals surface area contributed by atoms with Gasteiger partial charge < -0.3 is 10.2 Å². The Morgan fingerprint density at radius 3 is 2.65 bits per heavy atom. The maximum Gasteiger partial charge on any atom is 0.228 e. The SMILES string of the molecule is O=C(C1CCCC1)N1CCCC[C@@H]1c1ccnc(Nc2ccccn2)n1. The van der Waals surface area contributed by atoms with Crippen molar-refractivity contribution < 1.29 is 4.79 Å². The van der Waals surface area contributed by atoms with E-state index in [1.807, 2.05) is 24.3 Å². The van der Waals surface area contributed by atoms with Crippen LogP contribution in [0.3, 0.4) is 0 Å². The van der Waals surface area contributed by atoms with Crippen LogP contribution in [0, 0.1) is 5.92 Å². The van der Waals surface area contributed by atoms with Gasteiger partial charge in [0, 0.05) is 24.9 Å². The first-order valence-electron chi connectivity index (χ1n) is 9.63. The van der Waals surface area contributed by atoms with Crippen LogP contribution in [-0.2, 0) is 4.79 Å². The quantitative estimate of drug-likeness (QED) is 0.906. The van der Waals surface area contributed by atoms with Crippen molar-refractivity contribution in [3.63, 3.8) is 0 Å². The van der Waals surface area contributed by atoms with E-state index in [9.17, 15) is 4.79 Å². The predicted molar refractivity (Wildman–Crippen MR) is 99.8 cm³/mol. The zero-order valence-electron chi connectivity index (χ0n) is 15.0. The maximum absolute atomic E-state index is 13.0. The van der Waals surface area contributed by atoms with Crippen molar-refractivity contribution >= 4 is 17.7 Å². The number of anilines is 2. The molecule has 1 atom stereocenters. The number of rotatable bonds is 4. The van der Waals surface area contributed by atoms with Crippen LogP contribution in [0.15, 0.2) is 36.7 Å². The van der Waals surface area contributed by atoms with E-state index in [-0.39, 0.29) is 12.0 Å². The summed E-state index contributed by atoms with van der Waals surface area (Å²) in [5.74, 6) is 1.78. The number of piperidine rings is 1. The van der Waals surface area contributed by atoms with Crippen LogP contribution < -0.4 is 5.32 Å². The van der Waals surface area contributed by atoms with Crippen LogP contribution in [0.5, 0.6) is 0 Å². The van der Waals surface area contributed by atoms with Crippen molar-refractivity contribution in [2.24, 2.45) is 5.92 Å². The topological polar surface area (TPSA) is 71.0 Å². The molecule has 136 valence electrons. The third-order valence-corrected chi connectivity index (χ3v) is 5.41. The Hall–Kier alpha value is -2.50. The molecular weight excluding hydrogens is 326 g/mol. The lowest BCUT2D eigenvalue weighted by atomic mass is 9.96. The third-order valence-electron chi connectivity index (χ3n) is 5.41. The number of nitrogens with zero attached hydrogens (tertiary/aromatic N) is 4. The minimum Gasteiger partial charge on any atom is -0.334 e. The van der Waals surface area contributed by atoms with Gasteiger partial charge in [0.1, 0.15) is 5.82 Å². The fourth-order valence-corrected chi connectivity index (χ4v) is 4.08. The molecule has 0 aromatic carbocycles. The van der Waals surface area contributed by atoms with Crippen LogP contribution in [0.1, 0.15) is 56.7 Å². The normalized spacial score (nSPS) is 20.9. The molecule has 1 saturated heterocycles. The zero-order chi connectivity index (χ0) is 17.8. The number of carbonyl (C=O) groups is 1. The van der Waals surface area contributed by atoms with Gasteiger partial charge in [0.05, 0.1) is 11.7 Å². The van der Waals surface area contributed by atoms with Gasteiger partial charge in [-0.2, -0.15) is 0 Å². The highest BCUT2D eigenvalue weighted by molar-refractivity contribution is 5.79. The second-order valence-electron chi connectivity index (χ2n) is 7.17. The van der Waals surface area contributed by atoms with E-state index in [0.717, 1.165) is 44.3 Å². The number of hydrogen-bond acceptors (Lipinski definition) is 5. The molecule has 0 spiro atoms. The molecule has 0 unspecified atom stereocenters. The molecule has 0 bridgehead atoms. The second-order valence-corrected chi connectivity index (χ2v) is 7.17. The molecule has 26 heavy (non-hydrogen) atoms. The van der Waals surface area contributed by atoms with Crippen molar-refractivity contribution in [2.45, 2.75) is 51.0 Å². The minimum absolute atomic E-state index is 0.0594. The molecule has 1 N–H and O–H groups in total. The Morgan fingerprint density at radius 1 is 1.00 bits per heavy atom. The van der Waals surface area contributed by atoms with Gasteiger partial charge in [-0.15, -0.1) is 0 Å². The summed E-state index contributed by atoms with van der Waals surface area (Å²) < 4.78 is 0. The van der Waals surface area contributed by atoms with Gasteiger partial charge in [-0.3, -0.25) is 4.79 Å². The van der Waals surface area contributed by atoms with Gasteiger partial charge in [0.25, 0.3) is 0 Å². The van der Waals surface area contributed by atoms with Gasteiger partial charge in [-0.1, -0.05) is 18.9 Å². The van der Waals surface area contributed by atoms with Crippen molar-refractivity contribution in [1.82, 2.24) is 19.9 Å². The van der Waals surface area contributed by atoms with E-state index < -0.39 is 0 Å². The Labute approximate surface area is 154 Å². The van der Waals surface area contributed by atoms with Crippen molar-refractivity contribution in [1.29, 1.82) is 0 Å². The highest BCUT2D eigenvalue weighted by Gasteiger charge is 2.34. The number of aromatic nitrogens is 3. The molecule has 2 aliphatic rings. The van der Waals surface area contributed by atoms with E-state index in [4.69, 9.17) is 4.98 Å². The van der Waals surface area contributed by atoms with Crippen LogP contribution >= 0.6 is 0 Å². The van der Waals surface area contributed by atoms with Crippen LogP contribution in [0.2, 0.25) is 0 Å². The van der Waals surface area contributed by atoms with Crippen LogP contribution in [0.25, 0.3) is 0 Å². The predicted octanol–water partition coefficient (Wildman–Crippen LogP) is 3.86. The zero-order valence-corrected chi connectivity index (χ0v) is 15.0. The molecule has 4 rings (SSSR count). The number of amides is 1. The van der Waals surface area contributed by atoms with Gasteiger partial charge in [-0.05, 0) is 50.3 Å². The number of pyridine rings is 1. The summed E-state index contributed by atoms with van der Waals surface area (Å²) in [6, 6.07) is 7.67. The molecule has 0 radical (unpaired) electrons. The lowest BCUT2D eigenvalue weighted by molar-refractivity contribution is -0.139. The molecule has 6 nitrogen and oxygen atoms in total. The Kier molecular flexibility index (Phi) is 5.09. The summed E-state index contributed by atoms with van der Waals surface area (Å²) in [6.45, 7) is 0.840. The third kappa shape index (κ3) is 3.69. The summed E-state index contributed by atoms with van der Waals surface area (Å²) in [5.41, 5.74) is 0.921. The lowest BCUT2D eigenvalue weighted by Gasteiger charge is -2.37. The van der Waals surface area contributed by atoms with Crippen molar-refractivity contribution in [3.8, 4) is 0 Å². The van der Waals surface area contributed by atoms with Gasteiger partial charge in [0.2, 0.25) is 11.9 Å². The van der Waals surface area contributed by atoms with E-state index in [1.165, 1.54) is 12.8 Å². The molecule has 1 aliphatic carbocycles. The number of carbonyl (C=O) groups excluding carboxylic acids is 1. The number of hydrogen-bond donors (Lipinski definition) is 1. The highest BCUT2D eigenvalue weighted by atomic mass is 16.2. The van der Waals surface area contributed by atoms with Crippen molar-refractivity contribution in [2.75, 3.05) is 11.9 Å². The van der Waals surface area contributed by atoms with E-state index >= 15 is 0 Å². The molecule has 1 saturated carbocycles. The van der Waals surface area contributed by atoms with Crippen molar-refractivity contribution in [3.05, 3.63) is 42.4 Å². The van der Waals surface area contributed by atoms with Crippen LogP contribution in [-0.4, -0.2) is 32.3 Å². The monoisotopic (exact) mass is 351 g/mol. The molecule has 2 aromatic rings. The van der Waals surface area contributed by atoms with Gasteiger partial charge in [0.15, 0.2) is 0 Å². The standard InChI is InChI=1S/C20H25N5O/c26-19(15-7-1-2-8-15)25-14-6-4-9-17(25)16-11-13-22-20(23-16)24-18-10-3-5-12-21-18/h3,5,10-13,15,17H,1-2,4,6-9,14H2,(H,21,22,23,24)/t17-/m1/s1. The first-order valence-corrected chi connectivity index (χ1v) is 9.63. The molecule has 2 aromatic heterocycles.